The standard InChI is InChI=1S/C23H29BrN2O2S/c1-17(22(28)25-23(2,3)4)26(14-19-11-8-12-20(24)13-19)21(27)16-29-15-18-9-6-5-7-10-18/h5-13,17H,14-16H2,1-4H3,(H,25,28). The minimum absolute atomic E-state index is 0.0394. The van der Waals surface area contributed by atoms with Gasteiger partial charge in [-0.1, -0.05) is 58.4 Å². The Morgan fingerprint density at radius 2 is 1.72 bits per heavy atom. The third-order valence-electron chi connectivity index (χ3n) is 4.24. The third kappa shape index (κ3) is 8.23. The smallest absolute Gasteiger partial charge is 0.242 e. The van der Waals surface area contributed by atoms with Crippen LogP contribution in [-0.4, -0.2) is 34.0 Å². The summed E-state index contributed by atoms with van der Waals surface area (Å²) in [5.74, 6) is 0.909. The van der Waals surface area contributed by atoms with Crippen LogP contribution in [0.25, 0.3) is 0 Å². The molecular formula is C23H29BrN2O2S. The van der Waals surface area contributed by atoms with Gasteiger partial charge in [-0.05, 0) is 51.0 Å². The number of amides is 2. The topological polar surface area (TPSA) is 49.4 Å². The second-order valence-corrected chi connectivity index (χ2v) is 9.95. The lowest BCUT2D eigenvalue weighted by molar-refractivity contribution is -0.139. The fourth-order valence-electron chi connectivity index (χ4n) is 2.80. The molecule has 0 radical (unpaired) electrons. The quantitative estimate of drug-likeness (QED) is 0.581. The summed E-state index contributed by atoms with van der Waals surface area (Å²) in [6, 6.07) is 17.3. The maximum absolute atomic E-state index is 13.0. The van der Waals surface area contributed by atoms with Crippen molar-refractivity contribution in [3.05, 3.63) is 70.2 Å². The summed E-state index contributed by atoms with van der Waals surface area (Å²) in [6.45, 7) is 8.00. The van der Waals surface area contributed by atoms with Crippen molar-refractivity contribution >= 4 is 39.5 Å². The number of nitrogens with one attached hydrogen (secondary N) is 1. The molecule has 0 aliphatic rings. The fraction of sp³-hybridized carbons (Fsp3) is 0.391. The molecule has 1 atom stereocenters. The zero-order valence-corrected chi connectivity index (χ0v) is 19.8. The van der Waals surface area contributed by atoms with Gasteiger partial charge in [-0.3, -0.25) is 9.59 Å². The SMILES string of the molecule is CC(C(=O)NC(C)(C)C)N(Cc1cccc(Br)c1)C(=O)CSCc1ccccc1. The number of halogens is 1. The monoisotopic (exact) mass is 476 g/mol. The zero-order valence-electron chi connectivity index (χ0n) is 17.4. The number of carbonyl (C=O) groups excluding carboxylic acids is 2. The third-order valence-corrected chi connectivity index (χ3v) is 5.73. The molecule has 0 saturated heterocycles. The Morgan fingerprint density at radius 1 is 1.07 bits per heavy atom. The molecule has 0 spiro atoms. The van der Waals surface area contributed by atoms with Crippen LogP contribution in [0.3, 0.4) is 0 Å². The number of benzene rings is 2. The Kier molecular flexibility index (Phi) is 8.78. The van der Waals surface area contributed by atoms with Crippen molar-refractivity contribution in [2.75, 3.05) is 5.75 Å². The molecule has 0 aliphatic carbocycles. The molecule has 2 aromatic rings. The molecular weight excluding hydrogens is 448 g/mol. The van der Waals surface area contributed by atoms with Gasteiger partial charge in [0.2, 0.25) is 11.8 Å². The minimum Gasteiger partial charge on any atom is -0.350 e. The highest BCUT2D eigenvalue weighted by molar-refractivity contribution is 9.10. The summed E-state index contributed by atoms with van der Waals surface area (Å²) < 4.78 is 0.952. The fourth-order valence-corrected chi connectivity index (χ4v) is 4.12. The van der Waals surface area contributed by atoms with Crippen molar-refractivity contribution in [3.8, 4) is 0 Å². The van der Waals surface area contributed by atoms with Crippen molar-refractivity contribution < 1.29 is 9.59 Å². The lowest BCUT2D eigenvalue weighted by Crippen LogP contribution is -2.52. The van der Waals surface area contributed by atoms with Gasteiger partial charge in [-0.25, -0.2) is 0 Å². The van der Waals surface area contributed by atoms with Crippen molar-refractivity contribution in [3.63, 3.8) is 0 Å². The van der Waals surface area contributed by atoms with Crippen LogP contribution in [0.4, 0.5) is 0 Å². The van der Waals surface area contributed by atoms with Gasteiger partial charge in [0, 0.05) is 22.3 Å². The van der Waals surface area contributed by atoms with E-state index in [1.54, 1.807) is 23.6 Å². The predicted molar refractivity (Wildman–Crippen MR) is 125 cm³/mol. The van der Waals surface area contributed by atoms with Crippen molar-refractivity contribution in [2.24, 2.45) is 0 Å². The number of thioether (sulfide) groups is 1. The Bertz CT molecular complexity index is 821. The normalized spacial score (nSPS) is 12.3. The molecule has 6 heteroatoms. The first-order valence-electron chi connectivity index (χ1n) is 9.63. The average Bonchev–Trinajstić information content (AvgIpc) is 2.65. The van der Waals surface area contributed by atoms with Gasteiger partial charge in [-0.15, -0.1) is 11.8 Å². The van der Waals surface area contributed by atoms with Crippen molar-refractivity contribution in [1.82, 2.24) is 10.2 Å². The largest absolute Gasteiger partial charge is 0.350 e. The Hall–Kier alpha value is -1.79. The molecule has 0 bridgehead atoms. The van der Waals surface area contributed by atoms with Crippen LogP contribution in [0.1, 0.15) is 38.8 Å². The summed E-state index contributed by atoms with van der Waals surface area (Å²) in [4.78, 5) is 27.5. The van der Waals surface area contributed by atoms with Crippen LogP contribution in [0, 0.1) is 0 Å². The first-order valence-corrected chi connectivity index (χ1v) is 11.6. The maximum Gasteiger partial charge on any atom is 0.242 e. The number of hydrogen-bond acceptors (Lipinski definition) is 3. The molecule has 1 unspecified atom stereocenters. The molecule has 0 aromatic heterocycles. The first kappa shape index (κ1) is 23.5. The summed E-state index contributed by atoms with van der Waals surface area (Å²) in [6.07, 6.45) is 0. The molecule has 0 saturated carbocycles. The minimum atomic E-state index is -0.557. The highest BCUT2D eigenvalue weighted by atomic mass is 79.9. The van der Waals surface area contributed by atoms with Crippen LogP contribution < -0.4 is 5.32 Å². The van der Waals surface area contributed by atoms with E-state index in [1.165, 1.54) is 5.56 Å². The van der Waals surface area contributed by atoms with Gasteiger partial charge < -0.3 is 10.2 Å². The molecule has 0 fully saturated rings. The van der Waals surface area contributed by atoms with E-state index in [1.807, 2.05) is 63.2 Å². The van der Waals surface area contributed by atoms with Crippen LogP contribution in [0.15, 0.2) is 59.1 Å². The summed E-state index contributed by atoms with van der Waals surface area (Å²) in [5.41, 5.74) is 1.82. The van der Waals surface area contributed by atoms with Crippen LogP contribution >= 0.6 is 27.7 Å². The summed E-state index contributed by atoms with van der Waals surface area (Å²) in [7, 11) is 0. The lowest BCUT2D eigenvalue weighted by atomic mass is 10.1. The van der Waals surface area contributed by atoms with E-state index in [0.29, 0.717) is 12.3 Å². The van der Waals surface area contributed by atoms with Gasteiger partial charge in [0.05, 0.1) is 5.75 Å². The highest BCUT2D eigenvalue weighted by Gasteiger charge is 2.28. The molecule has 29 heavy (non-hydrogen) atoms. The van der Waals surface area contributed by atoms with E-state index in [-0.39, 0.29) is 17.4 Å². The van der Waals surface area contributed by atoms with E-state index >= 15 is 0 Å². The molecule has 1 N–H and O–H groups in total. The Morgan fingerprint density at radius 3 is 2.34 bits per heavy atom. The highest BCUT2D eigenvalue weighted by Crippen LogP contribution is 2.18. The molecule has 156 valence electrons. The molecule has 0 heterocycles. The predicted octanol–water partition coefficient (Wildman–Crippen LogP) is 5.01. The zero-order chi connectivity index (χ0) is 21.4. The Labute approximate surface area is 186 Å². The molecule has 2 rings (SSSR count). The summed E-state index contributed by atoms with van der Waals surface area (Å²) in [5, 5.41) is 2.98. The van der Waals surface area contributed by atoms with Gasteiger partial charge in [0.25, 0.3) is 0 Å². The lowest BCUT2D eigenvalue weighted by Gasteiger charge is -2.31. The van der Waals surface area contributed by atoms with Crippen molar-refractivity contribution in [1.29, 1.82) is 0 Å². The number of hydrogen-bond donors (Lipinski definition) is 1. The number of rotatable bonds is 8. The van der Waals surface area contributed by atoms with Crippen molar-refractivity contribution in [2.45, 2.75) is 51.6 Å². The first-order chi connectivity index (χ1) is 13.7. The molecule has 0 aliphatic heterocycles. The maximum atomic E-state index is 13.0. The van der Waals surface area contributed by atoms with E-state index in [9.17, 15) is 9.59 Å². The molecule has 2 amide bonds. The van der Waals surface area contributed by atoms with Crippen LogP contribution in [-0.2, 0) is 21.9 Å². The van der Waals surface area contributed by atoms with E-state index in [0.717, 1.165) is 15.8 Å². The van der Waals surface area contributed by atoms with Gasteiger partial charge >= 0.3 is 0 Å². The second kappa shape index (κ2) is 10.8. The average molecular weight is 477 g/mol. The van der Waals surface area contributed by atoms with Gasteiger partial charge in [-0.2, -0.15) is 0 Å². The molecule has 2 aromatic carbocycles. The van der Waals surface area contributed by atoms with E-state index in [2.05, 4.69) is 33.4 Å². The second-order valence-electron chi connectivity index (χ2n) is 8.05. The number of carbonyl (C=O) groups is 2. The van der Waals surface area contributed by atoms with Crippen LogP contribution in [0.2, 0.25) is 0 Å². The number of nitrogens with zero attached hydrogens (tertiary/aromatic N) is 1. The van der Waals surface area contributed by atoms with E-state index < -0.39 is 6.04 Å². The van der Waals surface area contributed by atoms with Gasteiger partial charge in [0.1, 0.15) is 6.04 Å². The van der Waals surface area contributed by atoms with Gasteiger partial charge in [0.15, 0.2) is 0 Å². The molecule has 4 nitrogen and oxygen atoms in total. The Balaban J connectivity index is 2.09. The summed E-state index contributed by atoms with van der Waals surface area (Å²) >= 11 is 5.04. The van der Waals surface area contributed by atoms with Crippen LogP contribution in [0.5, 0.6) is 0 Å². The van der Waals surface area contributed by atoms with E-state index in [4.69, 9.17) is 0 Å².